The van der Waals surface area contributed by atoms with Crippen LogP contribution < -0.4 is 9.64 Å². The standard InChI is InChI=1S/C18H14BrCl2NO3/c19-11-3-5-13(6-4-11)25-8-2-1-7-22-16-14(17(23)18(22)24)9-12(20)10-15(16)21/h3-6,9-10H,1-2,7-8H2. The van der Waals surface area contributed by atoms with Crippen LogP contribution in [0, 0.1) is 0 Å². The molecule has 0 atom stereocenters. The third kappa shape index (κ3) is 4.00. The lowest BCUT2D eigenvalue weighted by molar-refractivity contribution is -0.114. The van der Waals surface area contributed by atoms with E-state index in [1.54, 1.807) is 0 Å². The van der Waals surface area contributed by atoms with E-state index < -0.39 is 11.7 Å². The molecule has 0 spiro atoms. The van der Waals surface area contributed by atoms with Gasteiger partial charge in [0.15, 0.2) is 0 Å². The predicted octanol–water partition coefficient (Wildman–Crippen LogP) is 5.14. The van der Waals surface area contributed by atoms with Gasteiger partial charge in [0.05, 0.1) is 22.9 Å². The maximum atomic E-state index is 12.2. The van der Waals surface area contributed by atoms with Gasteiger partial charge < -0.3 is 9.64 Å². The summed E-state index contributed by atoms with van der Waals surface area (Å²) in [6.07, 6.45) is 1.43. The van der Waals surface area contributed by atoms with Crippen molar-refractivity contribution in [3.8, 4) is 5.75 Å². The number of hydrogen-bond donors (Lipinski definition) is 0. The van der Waals surface area contributed by atoms with Gasteiger partial charge in [-0.25, -0.2) is 0 Å². The topological polar surface area (TPSA) is 46.6 Å². The molecule has 0 fully saturated rings. The Morgan fingerprint density at radius 1 is 1.04 bits per heavy atom. The molecule has 0 radical (unpaired) electrons. The first-order valence-electron chi connectivity index (χ1n) is 7.71. The molecule has 7 heteroatoms. The fourth-order valence-electron chi connectivity index (χ4n) is 2.66. The first-order chi connectivity index (χ1) is 12.0. The molecular formula is C18H14BrCl2NO3. The highest BCUT2D eigenvalue weighted by atomic mass is 79.9. The summed E-state index contributed by atoms with van der Waals surface area (Å²) < 4.78 is 6.64. The van der Waals surface area contributed by atoms with E-state index in [0.29, 0.717) is 35.3 Å². The van der Waals surface area contributed by atoms with Crippen molar-refractivity contribution in [2.24, 2.45) is 0 Å². The Kier molecular flexibility index (Phi) is 5.67. The highest BCUT2D eigenvalue weighted by Crippen LogP contribution is 2.38. The molecule has 0 aromatic heterocycles. The minimum Gasteiger partial charge on any atom is -0.494 e. The second-order valence-electron chi connectivity index (χ2n) is 5.58. The first-order valence-corrected chi connectivity index (χ1v) is 9.26. The summed E-state index contributed by atoms with van der Waals surface area (Å²) in [6, 6.07) is 10.6. The number of ketones is 1. The van der Waals surface area contributed by atoms with Crippen LogP contribution in [0.3, 0.4) is 0 Å². The zero-order valence-electron chi connectivity index (χ0n) is 13.1. The number of amides is 1. The Balaban J connectivity index is 1.56. The average molecular weight is 443 g/mol. The Hall–Kier alpha value is -1.56. The lowest BCUT2D eigenvalue weighted by atomic mass is 10.1. The van der Waals surface area contributed by atoms with Gasteiger partial charge in [0.2, 0.25) is 0 Å². The Labute approximate surface area is 163 Å². The molecule has 0 saturated heterocycles. The van der Waals surface area contributed by atoms with E-state index >= 15 is 0 Å². The molecule has 130 valence electrons. The molecular weight excluding hydrogens is 429 g/mol. The number of rotatable bonds is 6. The molecule has 1 heterocycles. The lowest BCUT2D eigenvalue weighted by Crippen LogP contribution is -2.31. The van der Waals surface area contributed by atoms with Crippen LogP contribution in [0.5, 0.6) is 5.75 Å². The molecule has 25 heavy (non-hydrogen) atoms. The van der Waals surface area contributed by atoms with Crippen LogP contribution in [0.2, 0.25) is 10.0 Å². The minimum atomic E-state index is -0.564. The normalized spacial score (nSPS) is 13.3. The SMILES string of the molecule is O=C1C(=O)N(CCCCOc2ccc(Br)cc2)c2c(Cl)cc(Cl)cc21. The molecule has 0 aliphatic carbocycles. The second-order valence-corrected chi connectivity index (χ2v) is 7.34. The van der Waals surface area contributed by atoms with Crippen molar-refractivity contribution in [1.29, 1.82) is 0 Å². The second kappa shape index (κ2) is 7.77. The fraction of sp³-hybridized carbons (Fsp3) is 0.222. The molecule has 0 N–H and O–H groups in total. The molecule has 2 aromatic carbocycles. The molecule has 1 aliphatic rings. The van der Waals surface area contributed by atoms with Crippen LogP contribution in [-0.2, 0) is 4.79 Å². The van der Waals surface area contributed by atoms with E-state index in [0.717, 1.165) is 16.6 Å². The van der Waals surface area contributed by atoms with Gasteiger partial charge >= 0.3 is 0 Å². The van der Waals surface area contributed by atoms with Gasteiger partial charge in [0.1, 0.15) is 5.75 Å². The third-order valence-electron chi connectivity index (χ3n) is 3.84. The quantitative estimate of drug-likeness (QED) is 0.459. The number of ether oxygens (including phenoxy) is 1. The maximum Gasteiger partial charge on any atom is 0.299 e. The Morgan fingerprint density at radius 3 is 2.48 bits per heavy atom. The number of halogens is 3. The van der Waals surface area contributed by atoms with Crippen molar-refractivity contribution in [2.75, 3.05) is 18.1 Å². The van der Waals surface area contributed by atoms with Crippen LogP contribution in [-0.4, -0.2) is 24.8 Å². The number of unbranched alkanes of at least 4 members (excludes halogenated alkanes) is 1. The summed E-state index contributed by atoms with van der Waals surface area (Å²) in [5, 5.41) is 0.655. The summed E-state index contributed by atoms with van der Waals surface area (Å²) in [5.74, 6) is -0.336. The van der Waals surface area contributed by atoms with E-state index in [1.807, 2.05) is 24.3 Å². The number of fused-ring (bicyclic) bond motifs is 1. The Bertz CT molecular complexity index is 824. The molecule has 0 unspecified atom stereocenters. The average Bonchev–Trinajstić information content (AvgIpc) is 2.81. The summed E-state index contributed by atoms with van der Waals surface area (Å²) in [7, 11) is 0. The Morgan fingerprint density at radius 2 is 1.76 bits per heavy atom. The summed E-state index contributed by atoms with van der Waals surface area (Å²) in [6.45, 7) is 0.932. The number of anilines is 1. The van der Waals surface area contributed by atoms with Gasteiger partial charge in [0.25, 0.3) is 11.7 Å². The lowest BCUT2D eigenvalue weighted by Gasteiger charge is -2.17. The van der Waals surface area contributed by atoms with E-state index in [1.165, 1.54) is 17.0 Å². The molecule has 3 rings (SSSR count). The molecule has 0 bridgehead atoms. The highest BCUT2D eigenvalue weighted by Gasteiger charge is 2.37. The van der Waals surface area contributed by atoms with Gasteiger partial charge in [-0.3, -0.25) is 9.59 Å². The van der Waals surface area contributed by atoms with Gasteiger partial charge in [-0.05, 0) is 49.2 Å². The van der Waals surface area contributed by atoms with Gasteiger partial charge in [-0.1, -0.05) is 39.1 Å². The molecule has 4 nitrogen and oxygen atoms in total. The van der Waals surface area contributed by atoms with Crippen molar-refractivity contribution < 1.29 is 14.3 Å². The minimum absolute atomic E-state index is 0.272. The zero-order valence-corrected chi connectivity index (χ0v) is 16.2. The smallest absolute Gasteiger partial charge is 0.299 e. The van der Waals surface area contributed by atoms with E-state index in [4.69, 9.17) is 27.9 Å². The maximum absolute atomic E-state index is 12.2. The van der Waals surface area contributed by atoms with Gasteiger partial charge in [0, 0.05) is 16.0 Å². The third-order valence-corrected chi connectivity index (χ3v) is 4.88. The van der Waals surface area contributed by atoms with Crippen LogP contribution in [0.4, 0.5) is 5.69 Å². The molecule has 2 aromatic rings. The van der Waals surface area contributed by atoms with Gasteiger partial charge in [-0.15, -0.1) is 0 Å². The number of carbonyl (C=O) groups excluding carboxylic acids is 2. The molecule has 1 aliphatic heterocycles. The van der Waals surface area contributed by atoms with E-state index in [2.05, 4.69) is 15.9 Å². The monoisotopic (exact) mass is 441 g/mol. The summed E-state index contributed by atoms with van der Waals surface area (Å²) in [5.41, 5.74) is 0.725. The van der Waals surface area contributed by atoms with Crippen LogP contribution in [0.25, 0.3) is 0 Å². The van der Waals surface area contributed by atoms with Crippen LogP contribution in [0.1, 0.15) is 23.2 Å². The number of benzene rings is 2. The number of carbonyl (C=O) groups is 2. The van der Waals surface area contributed by atoms with Crippen LogP contribution >= 0.6 is 39.1 Å². The molecule has 1 amide bonds. The highest BCUT2D eigenvalue weighted by molar-refractivity contribution is 9.10. The number of Topliss-reactive ketones (excluding diaryl/α,β-unsaturated/α-hetero) is 1. The summed E-state index contributed by atoms with van der Waals surface area (Å²) >= 11 is 15.5. The van der Waals surface area contributed by atoms with Crippen LogP contribution in [0.15, 0.2) is 40.9 Å². The van der Waals surface area contributed by atoms with Crippen molar-refractivity contribution >= 4 is 56.5 Å². The number of hydrogen-bond acceptors (Lipinski definition) is 3. The van der Waals surface area contributed by atoms with Crippen molar-refractivity contribution in [1.82, 2.24) is 0 Å². The summed E-state index contributed by atoms with van der Waals surface area (Å²) in [4.78, 5) is 25.7. The van der Waals surface area contributed by atoms with Crippen molar-refractivity contribution in [2.45, 2.75) is 12.8 Å². The molecule has 0 saturated carbocycles. The largest absolute Gasteiger partial charge is 0.494 e. The fourth-order valence-corrected chi connectivity index (χ4v) is 3.52. The van der Waals surface area contributed by atoms with Gasteiger partial charge in [-0.2, -0.15) is 0 Å². The van der Waals surface area contributed by atoms with Crippen molar-refractivity contribution in [3.63, 3.8) is 0 Å². The van der Waals surface area contributed by atoms with E-state index in [9.17, 15) is 9.59 Å². The van der Waals surface area contributed by atoms with Crippen molar-refractivity contribution in [3.05, 3.63) is 56.5 Å². The van der Waals surface area contributed by atoms with E-state index in [-0.39, 0.29) is 5.56 Å². The number of nitrogens with zero attached hydrogens (tertiary/aromatic N) is 1. The predicted molar refractivity (Wildman–Crippen MR) is 102 cm³/mol. The zero-order chi connectivity index (χ0) is 18.0. The first kappa shape index (κ1) is 18.2.